The number of methoxy groups -OCH3 is 1. The fourth-order valence-corrected chi connectivity index (χ4v) is 3.25. The summed E-state index contributed by atoms with van der Waals surface area (Å²) in [7, 11) is -1.53. The molecule has 0 aliphatic rings. The molecule has 0 amide bonds. The molecule has 0 spiro atoms. The molecule has 0 aromatic heterocycles. The molecule has 1 aromatic carbocycles. The number of aliphatic carboxylic acids is 1. The summed E-state index contributed by atoms with van der Waals surface area (Å²) < 4.78 is 29.8. The first kappa shape index (κ1) is 16.0. The van der Waals surface area contributed by atoms with E-state index in [0.717, 1.165) is 7.05 Å². The molecule has 106 valence electrons. The van der Waals surface area contributed by atoms with Gasteiger partial charge in [0.1, 0.15) is 22.2 Å². The van der Waals surface area contributed by atoms with Crippen LogP contribution >= 0.6 is 23.2 Å². The van der Waals surface area contributed by atoms with Gasteiger partial charge in [-0.05, 0) is 12.1 Å². The minimum Gasteiger partial charge on any atom is -0.495 e. The van der Waals surface area contributed by atoms with E-state index in [2.05, 4.69) is 0 Å². The first-order valence-corrected chi connectivity index (χ1v) is 7.11. The average molecular weight is 328 g/mol. The number of sulfonamides is 1. The van der Waals surface area contributed by atoms with E-state index in [1.807, 2.05) is 0 Å². The molecular formula is C10H11Cl2NO5S. The molecule has 0 aliphatic heterocycles. The zero-order valence-corrected chi connectivity index (χ0v) is 12.4. The first-order chi connectivity index (χ1) is 8.71. The number of rotatable bonds is 5. The quantitative estimate of drug-likeness (QED) is 0.889. The van der Waals surface area contributed by atoms with Crippen LogP contribution in [0.3, 0.4) is 0 Å². The van der Waals surface area contributed by atoms with Gasteiger partial charge in [0.05, 0.1) is 12.1 Å². The number of nitrogens with zero attached hydrogens (tertiary/aromatic N) is 1. The number of carboxylic acids is 1. The molecule has 0 heterocycles. The van der Waals surface area contributed by atoms with Crippen LogP contribution in [-0.2, 0) is 14.8 Å². The van der Waals surface area contributed by atoms with Crippen molar-refractivity contribution in [1.29, 1.82) is 0 Å². The van der Waals surface area contributed by atoms with Crippen LogP contribution in [-0.4, -0.2) is 44.5 Å². The van der Waals surface area contributed by atoms with Gasteiger partial charge in [-0.25, -0.2) is 8.42 Å². The van der Waals surface area contributed by atoms with E-state index in [0.29, 0.717) is 4.31 Å². The Morgan fingerprint density at radius 3 is 2.42 bits per heavy atom. The Labute approximate surface area is 120 Å². The van der Waals surface area contributed by atoms with Gasteiger partial charge in [-0.2, -0.15) is 4.31 Å². The van der Waals surface area contributed by atoms with Gasteiger partial charge in [0.2, 0.25) is 10.0 Å². The molecule has 1 rings (SSSR count). The minimum absolute atomic E-state index is 0.0473. The number of carboxylic acid groups (broad SMARTS) is 1. The van der Waals surface area contributed by atoms with E-state index < -0.39 is 22.5 Å². The maximum Gasteiger partial charge on any atom is 0.318 e. The van der Waals surface area contributed by atoms with Crippen molar-refractivity contribution in [3.05, 3.63) is 22.2 Å². The Morgan fingerprint density at radius 1 is 1.37 bits per heavy atom. The molecule has 1 N–H and O–H groups in total. The fraction of sp³-hybridized carbons (Fsp3) is 0.300. The highest BCUT2D eigenvalue weighted by molar-refractivity contribution is 7.89. The normalized spacial score (nSPS) is 11.6. The van der Waals surface area contributed by atoms with Crippen LogP contribution in [0.15, 0.2) is 17.0 Å². The van der Waals surface area contributed by atoms with Crippen molar-refractivity contribution in [2.45, 2.75) is 4.90 Å². The summed E-state index contributed by atoms with van der Waals surface area (Å²) in [5.41, 5.74) is 0. The molecule has 0 saturated heterocycles. The van der Waals surface area contributed by atoms with Gasteiger partial charge in [0.25, 0.3) is 0 Å². The molecule has 6 nitrogen and oxygen atoms in total. The molecule has 0 fully saturated rings. The van der Waals surface area contributed by atoms with Crippen LogP contribution in [0.25, 0.3) is 0 Å². The number of hydrogen-bond donors (Lipinski definition) is 1. The van der Waals surface area contributed by atoms with Crippen molar-refractivity contribution in [3.63, 3.8) is 0 Å². The summed E-state index contributed by atoms with van der Waals surface area (Å²) >= 11 is 11.7. The summed E-state index contributed by atoms with van der Waals surface area (Å²) in [5, 5.41) is 8.36. The zero-order valence-electron chi connectivity index (χ0n) is 10.1. The van der Waals surface area contributed by atoms with Gasteiger partial charge in [0.15, 0.2) is 0 Å². The van der Waals surface area contributed by atoms with E-state index in [1.165, 1.54) is 19.2 Å². The lowest BCUT2D eigenvalue weighted by Crippen LogP contribution is -2.32. The monoisotopic (exact) mass is 327 g/mol. The van der Waals surface area contributed by atoms with Gasteiger partial charge in [-0.1, -0.05) is 23.2 Å². The smallest absolute Gasteiger partial charge is 0.318 e. The van der Waals surface area contributed by atoms with Crippen LogP contribution in [0, 0.1) is 0 Å². The number of likely N-dealkylation sites (N-methyl/N-ethyl adjacent to an activating group) is 1. The highest BCUT2D eigenvalue weighted by Crippen LogP contribution is 2.37. The lowest BCUT2D eigenvalue weighted by Gasteiger charge is -2.17. The fourth-order valence-electron chi connectivity index (χ4n) is 1.31. The second-order valence-corrected chi connectivity index (χ2v) is 6.32. The Kier molecular flexibility index (Phi) is 5.03. The van der Waals surface area contributed by atoms with Crippen molar-refractivity contribution in [2.24, 2.45) is 0 Å². The van der Waals surface area contributed by atoms with Crippen LogP contribution in [0.4, 0.5) is 0 Å². The summed E-state index contributed by atoms with van der Waals surface area (Å²) in [6.07, 6.45) is 0. The van der Waals surface area contributed by atoms with Crippen molar-refractivity contribution >= 4 is 39.2 Å². The maximum atomic E-state index is 12.1. The largest absolute Gasteiger partial charge is 0.495 e. The lowest BCUT2D eigenvalue weighted by molar-refractivity contribution is -0.137. The van der Waals surface area contributed by atoms with Crippen molar-refractivity contribution in [1.82, 2.24) is 4.31 Å². The molecule has 0 saturated carbocycles. The van der Waals surface area contributed by atoms with E-state index in [4.69, 9.17) is 33.0 Å². The number of ether oxygens (including phenoxy) is 1. The summed E-state index contributed by atoms with van der Waals surface area (Å²) in [6.45, 7) is -0.678. The second kappa shape index (κ2) is 5.96. The summed E-state index contributed by atoms with van der Waals surface area (Å²) in [5.74, 6) is -1.05. The van der Waals surface area contributed by atoms with Gasteiger partial charge in [-0.15, -0.1) is 0 Å². The molecule has 9 heteroatoms. The lowest BCUT2D eigenvalue weighted by atomic mass is 10.3. The maximum absolute atomic E-state index is 12.1. The van der Waals surface area contributed by atoms with Crippen LogP contribution in [0.5, 0.6) is 5.75 Å². The van der Waals surface area contributed by atoms with Crippen LogP contribution in [0.1, 0.15) is 0 Å². The standard InChI is InChI=1S/C10H11Cl2NO5S/c1-13(5-8(14)15)19(16,17)7-4-3-6(18-2)9(11)10(7)12/h3-4H,5H2,1-2H3,(H,14,15). The Bertz CT molecular complexity index is 602. The zero-order chi connectivity index (χ0) is 14.8. The number of benzene rings is 1. The predicted molar refractivity (Wildman–Crippen MR) is 70.5 cm³/mol. The van der Waals surface area contributed by atoms with E-state index in [9.17, 15) is 13.2 Å². The van der Waals surface area contributed by atoms with E-state index >= 15 is 0 Å². The Hall–Kier alpha value is -1.02. The summed E-state index contributed by atoms with van der Waals surface area (Å²) in [4.78, 5) is 10.3. The Balaban J connectivity index is 3.30. The third kappa shape index (κ3) is 3.30. The van der Waals surface area contributed by atoms with Gasteiger partial charge < -0.3 is 9.84 Å². The predicted octanol–water partition coefficient (Wildman–Crippen LogP) is 1.71. The first-order valence-electron chi connectivity index (χ1n) is 4.92. The van der Waals surface area contributed by atoms with Gasteiger partial charge >= 0.3 is 5.97 Å². The molecular weight excluding hydrogens is 317 g/mol. The van der Waals surface area contributed by atoms with Crippen LogP contribution in [0.2, 0.25) is 10.0 Å². The molecule has 0 radical (unpaired) electrons. The summed E-state index contributed by atoms with van der Waals surface area (Å²) in [6, 6.07) is 2.55. The number of hydrogen-bond acceptors (Lipinski definition) is 4. The molecule has 0 unspecified atom stereocenters. The molecule has 0 aliphatic carbocycles. The van der Waals surface area contributed by atoms with E-state index in [1.54, 1.807) is 0 Å². The van der Waals surface area contributed by atoms with Crippen LogP contribution < -0.4 is 4.74 Å². The third-order valence-electron chi connectivity index (χ3n) is 2.28. The average Bonchev–Trinajstić information content (AvgIpc) is 2.31. The molecule has 19 heavy (non-hydrogen) atoms. The molecule has 0 atom stereocenters. The SMILES string of the molecule is COc1ccc(S(=O)(=O)N(C)CC(=O)O)c(Cl)c1Cl. The highest BCUT2D eigenvalue weighted by atomic mass is 35.5. The Morgan fingerprint density at radius 2 is 1.95 bits per heavy atom. The third-order valence-corrected chi connectivity index (χ3v) is 5.10. The van der Waals surface area contributed by atoms with Gasteiger partial charge in [0, 0.05) is 7.05 Å². The van der Waals surface area contributed by atoms with Crippen molar-refractivity contribution in [2.75, 3.05) is 20.7 Å². The topological polar surface area (TPSA) is 83.9 Å². The number of carbonyl (C=O) groups is 1. The minimum atomic E-state index is -4.03. The highest BCUT2D eigenvalue weighted by Gasteiger charge is 2.27. The van der Waals surface area contributed by atoms with Crippen molar-refractivity contribution < 1.29 is 23.1 Å². The van der Waals surface area contributed by atoms with Crippen molar-refractivity contribution in [3.8, 4) is 5.75 Å². The number of halogens is 2. The van der Waals surface area contributed by atoms with E-state index in [-0.39, 0.29) is 20.7 Å². The molecule has 0 bridgehead atoms. The van der Waals surface area contributed by atoms with Gasteiger partial charge in [-0.3, -0.25) is 4.79 Å². The second-order valence-electron chi connectivity index (χ2n) is 3.55. The molecule has 1 aromatic rings.